The van der Waals surface area contributed by atoms with Crippen LogP contribution in [-0.4, -0.2) is 5.91 Å². The lowest BCUT2D eigenvalue weighted by atomic mass is 10.1. The number of nitrogens with one attached hydrogen (secondary N) is 1. The number of carbonyl (C=O) groups excluding carboxylic acids is 1. The molecule has 1 rings (SSSR count). The van der Waals surface area contributed by atoms with Gasteiger partial charge in [0.05, 0.1) is 12.5 Å². The maximum absolute atomic E-state index is 11.2. The van der Waals surface area contributed by atoms with E-state index in [0.717, 1.165) is 10.0 Å². The minimum absolute atomic E-state index is 0.0149. The first-order valence-corrected chi connectivity index (χ1v) is 5.41. The van der Waals surface area contributed by atoms with Gasteiger partial charge in [0.1, 0.15) is 0 Å². The second-order valence-corrected chi connectivity index (χ2v) is 4.14. The molecular weight excluding hydrogens is 254 g/mol. The molecule has 0 spiro atoms. The van der Waals surface area contributed by atoms with Gasteiger partial charge < -0.3 is 5.32 Å². The molecule has 0 aliphatic heterocycles. The molecule has 1 unspecified atom stereocenters. The average molecular weight is 266 g/mol. The Balaban J connectivity index is 2.61. The fraction of sp³-hybridized carbons (Fsp3) is 0.250. The predicted octanol–water partition coefficient (Wildman–Crippen LogP) is 2.65. The number of benzene rings is 1. The molecule has 1 aromatic carbocycles. The van der Waals surface area contributed by atoms with Gasteiger partial charge in [0.25, 0.3) is 0 Å². The number of hydrogen-bond acceptors (Lipinski definition) is 1. The molecule has 1 N–H and O–H groups in total. The van der Waals surface area contributed by atoms with Crippen molar-refractivity contribution in [1.29, 1.82) is 0 Å². The summed E-state index contributed by atoms with van der Waals surface area (Å²) in [5.41, 5.74) is 1.06. The molecule has 0 bridgehead atoms. The predicted molar refractivity (Wildman–Crippen MR) is 64.1 cm³/mol. The standard InChI is InChI=1S/C12H12BrNO/c1-3-4-12(15)14-9(2)10-5-7-11(13)8-6-10/h1,5-9H,4H2,2H3,(H,14,15). The molecule has 15 heavy (non-hydrogen) atoms. The summed E-state index contributed by atoms with van der Waals surface area (Å²) in [5.74, 6) is 2.20. The van der Waals surface area contributed by atoms with Crippen molar-refractivity contribution in [2.45, 2.75) is 19.4 Å². The van der Waals surface area contributed by atoms with E-state index in [1.165, 1.54) is 0 Å². The van der Waals surface area contributed by atoms with E-state index in [0.29, 0.717) is 0 Å². The maximum Gasteiger partial charge on any atom is 0.232 e. The quantitative estimate of drug-likeness (QED) is 0.837. The van der Waals surface area contributed by atoms with Crippen LogP contribution in [0.1, 0.15) is 24.9 Å². The van der Waals surface area contributed by atoms with Gasteiger partial charge in [-0.15, -0.1) is 6.42 Å². The molecule has 0 aromatic heterocycles. The van der Waals surface area contributed by atoms with E-state index >= 15 is 0 Å². The molecular formula is C12H12BrNO. The van der Waals surface area contributed by atoms with Crippen LogP contribution in [0.3, 0.4) is 0 Å². The third-order valence-electron chi connectivity index (χ3n) is 2.01. The van der Waals surface area contributed by atoms with Crippen molar-refractivity contribution in [1.82, 2.24) is 5.32 Å². The highest BCUT2D eigenvalue weighted by atomic mass is 79.9. The number of terminal acetylenes is 1. The van der Waals surface area contributed by atoms with Gasteiger partial charge in [-0.3, -0.25) is 4.79 Å². The smallest absolute Gasteiger partial charge is 0.232 e. The third-order valence-corrected chi connectivity index (χ3v) is 2.54. The van der Waals surface area contributed by atoms with Gasteiger partial charge >= 0.3 is 0 Å². The second kappa shape index (κ2) is 5.57. The van der Waals surface area contributed by atoms with Gasteiger partial charge in [-0.2, -0.15) is 0 Å². The monoisotopic (exact) mass is 265 g/mol. The molecule has 1 atom stereocenters. The fourth-order valence-electron chi connectivity index (χ4n) is 1.22. The third kappa shape index (κ3) is 3.77. The highest BCUT2D eigenvalue weighted by Crippen LogP contribution is 2.16. The normalized spacial score (nSPS) is 11.5. The van der Waals surface area contributed by atoms with Crippen molar-refractivity contribution in [3.05, 3.63) is 34.3 Å². The van der Waals surface area contributed by atoms with E-state index in [1.54, 1.807) is 0 Å². The van der Waals surface area contributed by atoms with Crippen LogP contribution in [0.2, 0.25) is 0 Å². The summed E-state index contributed by atoms with van der Waals surface area (Å²) in [4.78, 5) is 11.2. The summed E-state index contributed by atoms with van der Waals surface area (Å²) in [6, 6.07) is 7.80. The Labute approximate surface area is 98.2 Å². The second-order valence-electron chi connectivity index (χ2n) is 3.22. The lowest BCUT2D eigenvalue weighted by molar-refractivity contribution is -0.120. The van der Waals surface area contributed by atoms with E-state index in [-0.39, 0.29) is 18.4 Å². The topological polar surface area (TPSA) is 29.1 Å². The summed E-state index contributed by atoms with van der Waals surface area (Å²) in [5, 5.41) is 2.82. The Morgan fingerprint density at radius 1 is 1.53 bits per heavy atom. The molecule has 0 saturated heterocycles. The first-order chi connectivity index (χ1) is 7.13. The first kappa shape index (κ1) is 11.8. The van der Waals surface area contributed by atoms with E-state index in [4.69, 9.17) is 6.42 Å². The van der Waals surface area contributed by atoms with Crippen LogP contribution in [0.4, 0.5) is 0 Å². The van der Waals surface area contributed by atoms with E-state index in [1.807, 2.05) is 31.2 Å². The molecule has 0 heterocycles. The lowest BCUT2D eigenvalue weighted by Gasteiger charge is -2.13. The van der Waals surface area contributed by atoms with Gasteiger partial charge in [-0.1, -0.05) is 34.0 Å². The van der Waals surface area contributed by atoms with E-state index < -0.39 is 0 Å². The van der Waals surface area contributed by atoms with Crippen LogP contribution >= 0.6 is 15.9 Å². The van der Waals surface area contributed by atoms with E-state index in [9.17, 15) is 4.79 Å². The molecule has 3 heteroatoms. The molecule has 1 aromatic rings. The highest BCUT2D eigenvalue weighted by Gasteiger charge is 2.07. The molecule has 1 amide bonds. The van der Waals surface area contributed by atoms with Gasteiger partial charge in [0, 0.05) is 4.47 Å². The summed E-state index contributed by atoms with van der Waals surface area (Å²) in [6.07, 6.45) is 5.17. The molecule has 78 valence electrons. The van der Waals surface area contributed by atoms with E-state index in [2.05, 4.69) is 27.2 Å². The Bertz CT molecular complexity index is 378. The Hall–Kier alpha value is -1.27. The van der Waals surface area contributed by atoms with Crippen LogP contribution in [0.5, 0.6) is 0 Å². The molecule has 0 radical (unpaired) electrons. The lowest BCUT2D eigenvalue weighted by Crippen LogP contribution is -2.25. The zero-order chi connectivity index (χ0) is 11.3. The van der Waals surface area contributed by atoms with Gasteiger partial charge in [-0.05, 0) is 24.6 Å². The Morgan fingerprint density at radius 2 is 2.13 bits per heavy atom. The number of rotatable bonds is 3. The molecule has 0 aliphatic rings. The van der Waals surface area contributed by atoms with Gasteiger partial charge in [0.15, 0.2) is 0 Å². The SMILES string of the molecule is C#CCC(=O)NC(C)c1ccc(Br)cc1. The number of hydrogen-bond donors (Lipinski definition) is 1. The minimum Gasteiger partial charge on any atom is -0.349 e. The van der Waals surface area contributed by atoms with Crippen LogP contribution < -0.4 is 5.32 Å². The van der Waals surface area contributed by atoms with Crippen LogP contribution in [0, 0.1) is 12.3 Å². The summed E-state index contributed by atoms with van der Waals surface area (Å²) in [6.45, 7) is 1.93. The van der Waals surface area contributed by atoms with Crippen LogP contribution in [-0.2, 0) is 4.79 Å². The number of carbonyl (C=O) groups is 1. The maximum atomic E-state index is 11.2. The van der Waals surface area contributed by atoms with Crippen molar-refractivity contribution >= 4 is 21.8 Å². The van der Waals surface area contributed by atoms with Crippen LogP contribution in [0.25, 0.3) is 0 Å². The largest absolute Gasteiger partial charge is 0.349 e. The minimum atomic E-state index is -0.118. The van der Waals surface area contributed by atoms with Gasteiger partial charge in [0.2, 0.25) is 5.91 Å². The molecule has 2 nitrogen and oxygen atoms in total. The Morgan fingerprint density at radius 3 is 2.67 bits per heavy atom. The van der Waals surface area contributed by atoms with Crippen molar-refractivity contribution < 1.29 is 4.79 Å². The molecule has 0 saturated carbocycles. The van der Waals surface area contributed by atoms with Crippen molar-refractivity contribution in [2.24, 2.45) is 0 Å². The zero-order valence-corrected chi connectivity index (χ0v) is 10.0. The van der Waals surface area contributed by atoms with Crippen molar-refractivity contribution in [2.75, 3.05) is 0 Å². The first-order valence-electron chi connectivity index (χ1n) is 4.61. The number of amides is 1. The Kier molecular flexibility index (Phi) is 4.38. The summed E-state index contributed by atoms with van der Waals surface area (Å²) < 4.78 is 1.02. The fourth-order valence-corrected chi connectivity index (χ4v) is 1.48. The van der Waals surface area contributed by atoms with Gasteiger partial charge in [-0.25, -0.2) is 0 Å². The van der Waals surface area contributed by atoms with Crippen molar-refractivity contribution in [3.8, 4) is 12.3 Å². The average Bonchev–Trinajstić information content (AvgIpc) is 2.18. The zero-order valence-electron chi connectivity index (χ0n) is 8.46. The van der Waals surface area contributed by atoms with Crippen molar-refractivity contribution in [3.63, 3.8) is 0 Å². The van der Waals surface area contributed by atoms with Crippen LogP contribution in [0.15, 0.2) is 28.7 Å². The molecule has 0 fully saturated rings. The summed E-state index contributed by atoms with van der Waals surface area (Å²) >= 11 is 3.36. The molecule has 0 aliphatic carbocycles. The number of halogens is 1. The summed E-state index contributed by atoms with van der Waals surface area (Å²) in [7, 11) is 0. The highest BCUT2D eigenvalue weighted by molar-refractivity contribution is 9.10.